The molecule has 62 heavy (non-hydrogen) atoms. The van der Waals surface area contributed by atoms with Crippen molar-refractivity contribution in [1.82, 2.24) is 40.4 Å². The summed E-state index contributed by atoms with van der Waals surface area (Å²) in [6.07, 6.45) is 5.62. The average molecular weight is 837 g/mol. The lowest BCUT2D eigenvalue weighted by Gasteiger charge is -2.34. The Kier molecular flexibility index (Phi) is 10.2. The van der Waals surface area contributed by atoms with Crippen LogP contribution in [0.15, 0.2) is 109 Å². The monoisotopic (exact) mass is 836 g/mol. The molecule has 2 amide bonds. The number of rotatable bonds is 12. The van der Waals surface area contributed by atoms with E-state index in [1.54, 1.807) is 12.4 Å². The van der Waals surface area contributed by atoms with Gasteiger partial charge in [0.05, 0.1) is 35.9 Å². The number of ether oxygens (including phenoxy) is 6. The second-order valence-corrected chi connectivity index (χ2v) is 15.9. The van der Waals surface area contributed by atoms with Crippen LogP contribution in [0.4, 0.5) is 0 Å². The fraction of sp³-hybridized carbons (Fsp3) is 0.304. The van der Waals surface area contributed by atoms with Crippen molar-refractivity contribution >= 4 is 11.8 Å². The van der Waals surface area contributed by atoms with Gasteiger partial charge < -0.3 is 48.2 Å². The van der Waals surface area contributed by atoms with Gasteiger partial charge in [-0.15, -0.1) is 0 Å². The summed E-state index contributed by atoms with van der Waals surface area (Å²) >= 11 is 0. The van der Waals surface area contributed by atoms with Gasteiger partial charge in [0, 0.05) is 24.2 Å². The summed E-state index contributed by atoms with van der Waals surface area (Å²) in [5.41, 5.74) is 5.00. The highest BCUT2D eigenvalue weighted by Gasteiger charge is 2.40. The lowest BCUT2D eigenvalue weighted by atomic mass is 10.0. The molecule has 6 aromatic rings. The molecule has 316 valence electrons. The molecule has 4 fully saturated rings. The molecule has 0 saturated carbocycles. The first kappa shape index (κ1) is 38.5. The molecule has 0 aliphatic carbocycles. The number of fused-ring (bicyclic) bond motifs is 2. The number of nitrogens with zero attached hydrogens (tertiary/aromatic N) is 4. The van der Waals surface area contributed by atoms with Gasteiger partial charge in [-0.3, -0.25) is 20.2 Å². The zero-order chi connectivity index (χ0) is 41.6. The summed E-state index contributed by atoms with van der Waals surface area (Å²) in [5, 5.41) is 6.42. The van der Waals surface area contributed by atoms with Crippen molar-refractivity contribution < 1.29 is 38.0 Å². The lowest BCUT2D eigenvalue weighted by molar-refractivity contribution is -0.335. The van der Waals surface area contributed by atoms with Gasteiger partial charge in [-0.2, -0.15) is 0 Å². The number of carbonyl (C=O) groups is 2. The highest BCUT2D eigenvalue weighted by Crippen LogP contribution is 2.48. The van der Waals surface area contributed by atoms with Crippen LogP contribution in [0.25, 0.3) is 22.5 Å². The normalized spacial score (nSPS) is 20.6. The Labute approximate surface area is 356 Å². The fourth-order valence-corrected chi connectivity index (χ4v) is 8.83. The molecule has 16 heteroatoms. The van der Waals surface area contributed by atoms with E-state index in [1.165, 1.54) is 0 Å². The molecular weight excluding hydrogens is 793 g/mol. The Morgan fingerprint density at radius 2 is 1.02 bits per heavy atom. The number of carbonyl (C=O) groups excluding carboxylic acids is 2. The van der Waals surface area contributed by atoms with Crippen LogP contribution >= 0.6 is 0 Å². The lowest BCUT2D eigenvalue weighted by Crippen LogP contribution is -2.50. The van der Waals surface area contributed by atoms with E-state index in [0.717, 1.165) is 71.0 Å². The third-order valence-corrected chi connectivity index (χ3v) is 12.1. The molecule has 5 aliphatic rings. The molecule has 4 atom stereocenters. The van der Waals surface area contributed by atoms with Crippen LogP contribution in [0.5, 0.6) is 23.0 Å². The van der Waals surface area contributed by atoms with Gasteiger partial charge in [0.1, 0.15) is 23.7 Å². The summed E-state index contributed by atoms with van der Waals surface area (Å²) in [4.78, 5) is 48.4. The number of hydrogen-bond acceptors (Lipinski definition) is 12. The molecule has 0 unspecified atom stereocenters. The zero-order valence-corrected chi connectivity index (χ0v) is 33.6. The second kappa shape index (κ2) is 16.5. The Balaban J connectivity index is 0.771. The largest absolute Gasteiger partial charge is 0.449 e. The van der Waals surface area contributed by atoms with Crippen LogP contribution in [-0.2, 0) is 28.5 Å². The average Bonchev–Trinajstić information content (AvgIpc) is 4.12. The number of imidazole rings is 2. The number of aromatic amines is 2. The highest BCUT2D eigenvalue weighted by atomic mass is 16.9. The summed E-state index contributed by atoms with van der Waals surface area (Å²) in [5.74, 6) is 3.62. The number of aromatic nitrogens is 4. The van der Waals surface area contributed by atoms with Gasteiger partial charge in [0.25, 0.3) is 0 Å². The van der Waals surface area contributed by atoms with Crippen LogP contribution in [0.2, 0.25) is 0 Å². The first-order valence-corrected chi connectivity index (χ1v) is 21.0. The maximum Gasteiger partial charge on any atom is 0.245 e. The third kappa shape index (κ3) is 7.40. The maximum absolute atomic E-state index is 14.1. The van der Waals surface area contributed by atoms with E-state index in [-0.39, 0.29) is 37.5 Å². The van der Waals surface area contributed by atoms with E-state index >= 15 is 0 Å². The predicted molar refractivity (Wildman–Crippen MR) is 222 cm³/mol. The Morgan fingerprint density at radius 3 is 1.42 bits per heavy atom. The summed E-state index contributed by atoms with van der Waals surface area (Å²) in [6, 6.07) is 29.1. The van der Waals surface area contributed by atoms with Gasteiger partial charge in [-0.25, -0.2) is 9.97 Å². The van der Waals surface area contributed by atoms with Gasteiger partial charge in [0.2, 0.25) is 24.6 Å². The van der Waals surface area contributed by atoms with Crippen molar-refractivity contribution in [1.29, 1.82) is 0 Å². The van der Waals surface area contributed by atoms with Crippen LogP contribution in [-0.4, -0.2) is 81.1 Å². The van der Waals surface area contributed by atoms with Crippen molar-refractivity contribution in [3.05, 3.63) is 132 Å². The van der Waals surface area contributed by atoms with Crippen molar-refractivity contribution in [2.45, 2.75) is 62.7 Å². The number of likely N-dealkylation sites (tertiary alicyclic amines) is 2. The molecule has 5 aliphatic heterocycles. The van der Waals surface area contributed by atoms with Gasteiger partial charge in [-0.05, 0) is 73.2 Å². The van der Waals surface area contributed by atoms with Crippen molar-refractivity contribution in [3.63, 3.8) is 0 Å². The molecule has 4 saturated heterocycles. The molecule has 7 heterocycles. The zero-order valence-electron chi connectivity index (χ0n) is 33.6. The molecule has 11 rings (SSSR count). The van der Waals surface area contributed by atoms with Gasteiger partial charge in [-0.1, -0.05) is 60.7 Å². The topological polar surface area (TPSA) is 177 Å². The number of amides is 2. The Hall–Kier alpha value is -6.40. The number of nitrogens with one attached hydrogen (secondary N) is 4. The van der Waals surface area contributed by atoms with E-state index in [0.29, 0.717) is 36.1 Å². The molecular formula is C46H44N8O8. The first-order chi connectivity index (χ1) is 30.5. The highest BCUT2D eigenvalue weighted by molar-refractivity contribution is 5.85. The summed E-state index contributed by atoms with van der Waals surface area (Å²) in [6.45, 7) is 1.63. The van der Waals surface area contributed by atoms with E-state index in [4.69, 9.17) is 38.4 Å². The quantitative estimate of drug-likeness (QED) is 0.100. The minimum absolute atomic E-state index is 0.0611. The maximum atomic E-state index is 14.1. The summed E-state index contributed by atoms with van der Waals surface area (Å²) in [7, 11) is 0. The predicted octanol–water partition coefficient (Wildman–Crippen LogP) is 6.93. The van der Waals surface area contributed by atoms with E-state index in [2.05, 4.69) is 20.6 Å². The molecule has 4 aromatic carbocycles. The minimum atomic E-state index is -0.631. The molecule has 2 aromatic heterocycles. The minimum Gasteiger partial charge on any atom is -0.449 e. The van der Waals surface area contributed by atoms with Crippen LogP contribution in [0.1, 0.15) is 72.6 Å². The Bertz CT molecular complexity index is 2400. The van der Waals surface area contributed by atoms with Crippen LogP contribution in [0.3, 0.4) is 0 Å². The van der Waals surface area contributed by atoms with Crippen molar-refractivity contribution in [2.75, 3.05) is 26.7 Å². The number of H-pyrrole nitrogens is 2. The van der Waals surface area contributed by atoms with Crippen molar-refractivity contribution in [3.8, 4) is 45.5 Å². The standard InChI is InChI=1S/C46H44N8O8/c55-43(39(51-45-57-25-58-45)27-9-3-1-4-10-27)53-19-7-13-33(53)41-47-23-31(49-41)29-15-17-35-37(21-29)61-36-18-16-30(22-38(36)62-35)32-24-48-42(50-32)34-14-8-20-54(34)44(56)40(52-46-59-26-60-46)28-11-5-2-6-12-28/h1-6,9-12,15-18,21-24,33-34,39-40,45-46,51-52H,7-8,13-14,19-20,25-26H2,(H,47,49)(H,48,50)/t33-,34-,39+,40+/m0/s1. The molecule has 4 N–H and O–H groups in total. The number of benzene rings is 4. The van der Waals surface area contributed by atoms with E-state index in [1.807, 2.05) is 107 Å². The van der Waals surface area contributed by atoms with Gasteiger partial charge in [0.15, 0.2) is 36.6 Å². The van der Waals surface area contributed by atoms with E-state index in [9.17, 15) is 9.59 Å². The van der Waals surface area contributed by atoms with Gasteiger partial charge >= 0.3 is 0 Å². The third-order valence-electron chi connectivity index (χ3n) is 12.1. The van der Waals surface area contributed by atoms with E-state index < -0.39 is 24.9 Å². The molecule has 16 nitrogen and oxygen atoms in total. The smallest absolute Gasteiger partial charge is 0.245 e. The van der Waals surface area contributed by atoms with Crippen molar-refractivity contribution in [2.24, 2.45) is 0 Å². The molecule has 0 bridgehead atoms. The summed E-state index contributed by atoms with van der Waals surface area (Å²) < 4.78 is 34.5. The first-order valence-electron chi connectivity index (χ1n) is 21.0. The van der Waals surface area contributed by atoms with Crippen LogP contribution in [0, 0.1) is 0 Å². The second-order valence-electron chi connectivity index (χ2n) is 15.9. The Morgan fingerprint density at radius 1 is 0.581 bits per heavy atom. The number of hydrogen-bond donors (Lipinski definition) is 4. The fourth-order valence-electron chi connectivity index (χ4n) is 8.83. The molecule has 0 spiro atoms. The molecule has 0 radical (unpaired) electrons. The SMILES string of the molecule is O=C([C@H](NC1OCO1)c1ccccc1)N1CCC[C@H]1c1ncc(-c2ccc3c(c2)Oc2ccc(-c4cnc([C@@H]5CCCN5C(=O)[C@H](NC5OCO5)c5ccccc5)[nH]4)cc2O3)[nH]1. The van der Waals surface area contributed by atoms with Crippen LogP contribution < -0.4 is 20.1 Å².